The highest BCUT2D eigenvalue weighted by molar-refractivity contribution is 9.10. The molecule has 2 heterocycles. The van der Waals surface area contributed by atoms with Crippen LogP contribution in [-0.4, -0.2) is 9.97 Å². The number of hydrogen-bond acceptors (Lipinski definition) is 4. The number of rotatable bonds is 2. The quantitative estimate of drug-likeness (QED) is 0.860. The standard InChI is InChI=1S/C10H7BrClN3S/c11-7-2-1-3-14-10(7)16-9-5-6(13)4-8(12)15-9/h1-5H,(H2,13,15). The molecule has 2 rings (SSSR count). The van der Waals surface area contributed by atoms with Crippen molar-refractivity contribution in [2.45, 2.75) is 10.1 Å². The summed E-state index contributed by atoms with van der Waals surface area (Å²) in [4.78, 5) is 8.38. The van der Waals surface area contributed by atoms with Gasteiger partial charge >= 0.3 is 0 Å². The Labute approximate surface area is 111 Å². The fourth-order valence-corrected chi connectivity index (χ4v) is 2.67. The van der Waals surface area contributed by atoms with E-state index in [1.54, 1.807) is 18.3 Å². The maximum absolute atomic E-state index is 5.82. The number of nitrogen functional groups attached to an aromatic ring is 1. The van der Waals surface area contributed by atoms with Crippen LogP contribution in [0.1, 0.15) is 0 Å². The minimum atomic E-state index is 0.384. The van der Waals surface area contributed by atoms with Gasteiger partial charge in [0.15, 0.2) is 0 Å². The maximum atomic E-state index is 5.82. The van der Waals surface area contributed by atoms with Crippen molar-refractivity contribution in [2.24, 2.45) is 0 Å². The van der Waals surface area contributed by atoms with Gasteiger partial charge in [-0.3, -0.25) is 0 Å². The van der Waals surface area contributed by atoms with Crippen molar-refractivity contribution in [3.8, 4) is 0 Å². The lowest BCUT2D eigenvalue weighted by molar-refractivity contribution is 1.08. The van der Waals surface area contributed by atoms with Crippen molar-refractivity contribution >= 4 is 45.0 Å². The molecule has 2 aromatic rings. The van der Waals surface area contributed by atoms with E-state index in [1.165, 1.54) is 11.8 Å². The van der Waals surface area contributed by atoms with Gasteiger partial charge in [0.25, 0.3) is 0 Å². The van der Waals surface area contributed by atoms with Crippen LogP contribution >= 0.6 is 39.3 Å². The molecule has 82 valence electrons. The zero-order valence-electron chi connectivity index (χ0n) is 8.02. The van der Waals surface area contributed by atoms with Crippen molar-refractivity contribution in [1.29, 1.82) is 0 Å². The molecule has 0 saturated heterocycles. The lowest BCUT2D eigenvalue weighted by atomic mass is 10.4. The van der Waals surface area contributed by atoms with E-state index in [0.29, 0.717) is 10.8 Å². The lowest BCUT2D eigenvalue weighted by Crippen LogP contribution is -1.89. The number of pyridine rings is 2. The molecule has 0 aliphatic carbocycles. The normalized spacial score (nSPS) is 10.4. The molecule has 0 spiro atoms. The van der Waals surface area contributed by atoms with Gasteiger partial charge in [-0.25, -0.2) is 9.97 Å². The van der Waals surface area contributed by atoms with Crippen LogP contribution in [0.15, 0.2) is 45.0 Å². The third-order valence-corrected chi connectivity index (χ3v) is 3.75. The molecule has 3 nitrogen and oxygen atoms in total. The number of nitrogens with two attached hydrogens (primary N) is 1. The summed E-state index contributed by atoms with van der Waals surface area (Å²) >= 11 is 10.6. The van der Waals surface area contributed by atoms with Crippen LogP contribution in [0.5, 0.6) is 0 Å². The van der Waals surface area contributed by atoms with E-state index >= 15 is 0 Å². The second kappa shape index (κ2) is 5.03. The van der Waals surface area contributed by atoms with E-state index in [-0.39, 0.29) is 0 Å². The highest BCUT2D eigenvalue weighted by Crippen LogP contribution is 2.31. The van der Waals surface area contributed by atoms with Gasteiger partial charge in [0.1, 0.15) is 15.2 Å². The van der Waals surface area contributed by atoms with Crippen LogP contribution in [0.2, 0.25) is 5.15 Å². The third-order valence-electron chi connectivity index (χ3n) is 1.72. The van der Waals surface area contributed by atoms with Gasteiger partial charge in [0, 0.05) is 11.9 Å². The number of nitrogens with zero attached hydrogens (tertiary/aromatic N) is 2. The van der Waals surface area contributed by atoms with Crippen molar-refractivity contribution in [2.75, 3.05) is 5.73 Å². The molecular formula is C10H7BrClN3S. The molecule has 0 aliphatic rings. The van der Waals surface area contributed by atoms with Gasteiger partial charge in [-0.1, -0.05) is 11.6 Å². The average molecular weight is 317 g/mol. The fourth-order valence-electron chi connectivity index (χ4n) is 1.09. The van der Waals surface area contributed by atoms with Gasteiger partial charge in [-0.05, 0) is 52.0 Å². The Hall–Kier alpha value is -0.780. The number of hydrogen-bond donors (Lipinski definition) is 1. The second-order valence-corrected chi connectivity index (χ2v) is 5.20. The van der Waals surface area contributed by atoms with Crippen LogP contribution in [0.3, 0.4) is 0 Å². The Balaban J connectivity index is 2.30. The third kappa shape index (κ3) is 2.87. The van der Waals surface area contributed by atoms with E-state index < -0.39 is 0 Å². The van der Waals surface area contributed by atoms with Gasteiger partial charge in [-0.2, -0.15) is 0 Å². The summed E-state index contributed by atoms with van der Waals surface area (Å²) in [7, 11) is 0. The van der Waals surface area contributed by atoms with Gasteiger partial charge < -0.3 is 5.73 Å². The molecule has 0 saturated carbocycles. The summed E-state index contributed by atoms with van der Waals surface area (Å²) in [5, 5.41) is 1.94. The maximum Gasteiger partial charge on any atom is 0.132 e. The summed E-state index contributed by atoms with van der Waals surface area (Å²) in [6.07, 6.45) is 1.72. The molecule has 0 aliphatic heterocycles. The van der Waals surface area contributed by atoms with Crippen LogP contribution < -0.4 is 5.73 Å². The molecule has 0 bridgehead atoms. The minimum Gasteiger partial charge on any atom is -0.399 e. The van der Waals surface area contributed by atoms with E-state index in [4.69, 9.17) is 17.3 Å². The highest BCUT2D eigenvalue weighted by atomic mass is 79.9. The van der Waals surface area contributed by atoms with Crippen molar-refractivity contribution in [3.63, 3.8) is 0 Å². The largest absolute Gasteiger partial charge is 0.399 e. The van der Waals surface area contributed by atoms with Crippen LogP contribution in [0.4, 0.5) is 5.69 Å². The number of halogens is 2. The summed E-state index contributed by atoms with van der Waals surface area (Å²) in [5.74, 6) is 0. The van der Waals surface area contributed by atoms with E-state index in [0.717, 1.165) is 14.5 Å². The Morgan fingerprint density at radius 1 is 1.38 bits per heavy atom. The van der Waals surface area contributed by atoms with E-state index in [1.807, 2.05) is 12.1 Å². The van der Waals surface area contributed by atoms with Gasteiger partial charge in [0.2, 0.25) is 0 Å². The van der Waals surface area contributed by atoms with Gasteiger partial charge in [0.05, 0.1) is 4.47 Å². The van der Waals surface area contributed by atoms with Crippen LogP contribution in [-0.2, 0) is 0 Å². The van der Waals surface area contributed by atoms with Crippen LogP contribution in [0.25, 0.3) is 0 Å². The molecule has 0 atom stereocenters. The zero-order valence-corrected chi connectivity index (χ0v) is 11.2. The first-order valence-electron chi connectivity index (χ1n) is 4.36. The Kier molecular flexibility index (Phi) is 3.68. The average Bonchev–Trinajstić information content (AvgIpc) is 2.20. The van der Waals surface area contributed by atoms with E-state index in [9.17, 15) is 0 Å². The topological polar surface area (TPSA) is 51.8 Å². The Morgan fingerprint density at radius 2 is 2.19 bits per heavy atom. The first-order valence-corrected chi connectivity index (χ1v) is 6.35. The predicted molar refractivity (Wildman–Crippen MR) is 69.7 cm³/mol. The number of anilines is 1. The monoisotopic (exact) mass is 315 g/mol. The molecule has 16 heavy (non-hydrogen) atoms. The van der Waals surface area contributed by atoms with Crippen LogP contribution in [0, 0.1) is 0 Å². The molecule has 6 heteroatoms. The Morgan fingerprint density at radius 3 is 2.88 bits per heavy atom. The molecule has 0 unspecified atom stereocenters. The Bertz CT molecular complexity index is 501. The SMILES string of the molecule is Nc1cc(Cl)nc(Sc2ncccc2Br)c1. The summed E-state index contributed by atoms with van der Waals surface area (Å²) in [5.41, 5.74) is 6.27. The van der Waals surface area contributed by atoms with Gasteiger partial charge in [-0.15, -0.1) is 0 Å². The number of aromatic nitrogens is 2. The summed E-state index contributed by atoms with van der Waals surface area (Å²) in [6, 6.07) is 7.15. The minimum absolute atomic E-state index is 0.384. The zero-order chi connectivity index (χ0) is 11.5. The first-order chi connectivity index (χ1) is 7.65. The van der Waals surface area contributed by atoms with E-state index in [2.05, 4.69) is 25.9 Å². The predicted octanol–water partition coefficient (Wildman–Crippen LogP) is 3.63. The summed E-state index contributed by atoms with van der Waals surface area (Å²) < 4.78 is 0.917. The van der Waals surface area contributed by atoms with Crippen molar-refractivity contribution in [1.82, 2.24) is 9.97 Å². The smallest absolute Gasteiger partial charge is 0.132 e. The molecule has 0 fully saturated rings. The second-order valence-electron chi connectivity index (χ2n) is 2.95. The van der Waals surface area contributed by atoms with Crippen molar-refractivity contribution < 1.29 is 0 Å². The highest BCUT2D eigenvalue weighted by Gasteiger charge is 2.05. The molecule has 2 N–H and O–H groups in total. The molecule has 2 aromatic heterocycles. The molecule has 0 aromatic carbocycles. The molecular weight excluding hydrogens is 310 g/mol. The molecule has 0 amide bonds. The molecule has 0 radical (unpaired) electrons. The lowest BCUT2D eigenvalue weighted by Gasteiger charge is -2.03. The fraction of sp³-hybridized carbons (Fsp3) is 0. The van der Waals surface area contributed by atoms with Crippen molar-refractivity contribution in [3.05, 3.63) is 40.1 Å². The summed E-state index contributed by atoms with van der Waals surface area (Å²) in [6.45, 7) is 0. The first kappa shape index (κ1) is 11.7.